The summed E-state index contributed by atoms with van der Waals surface area (Å²) in [4.78, 5) is 21.5. The SMILES string of the molecule is CN(Cc1cc(C(F)(F)F)cc(C(F)(F)F)c1)C(=O)c1cnc(S(C)(=O)=O)nc1-c1ccc(F)cc1Cl. The van der Waals surface area contributed by atoms with Gasteiger partial charge in [-0.15, -0.1) is 0 Å². The van der Waals surface area contributed by atoms with Crippen molar-refractivity contribution < 1.29 is 43.9 Å². The average molecular weight is 570 g/mol. The Kier molecular flexibility index (Phi) is 7.57. The molecule has 0 unspecified atom stereocenters. The molecule has 1 aromatic heterocycles. The minimum atomic E-state index is -5.08. The molecule has 198 valence electrons. The van der Waals surface area contributed by atoms with Crippen LogP contribution >= 0.6 is 11.6 Å². The maximum Gasteiger partial charge on any atom is 0.416 e. The largest absolute Gasteiger partial charge is 0.416 e. The van der Waals surface area contributed by atoms with E-state index in [1.54, 1.807) is 0 Å². The topological polar surface area (TPSA) is 80.2 Å². The van der Waals surface area contributed by atoms with Crippen molar-refractivity contribution in [3.63, 3.8) is 0 Å². The van der Waals surface area contributed by atoms with Crippen LogP contribution in [0.5, 0.6) is 0 Å². The highest BCUT2D eigenvalue weighted by atomic mass is 35.5. The van der Waals surface area contributed by atoms with Crippen molar-refractivity contribution in [1.29, 1.82) is 0 Å². The maximum atomic E-state index is 13.5. The first-order valence-electron chi connectivity index (χ1n) is 9.94. The number of hydrogen-bond donors (Lipinski definition) is 0. The number of halogens is 8. The Morgan fingerprint density at radius 1 is 1.00 bits per heavy atom. The number of sulfone groups is 1. The lowest BCUT2D eigenvalue weighted by molar-refractivity contribution is -0.143. The molecule has 0 radical (unpaired) electrons. The van der Waals surface area contributed by atoms with E-state index in [2.05, 4.69) is 9.97 Å². The summed E-state index contributed by atoms with van der Waals surface area (Å²) < 4.78 is 117. The van der Waals surface area contributed by atoms with Gasteiger partial charge in [-0.25, -0.2) is 22.8 Å². The van der Waals surface area contributed by atoms with Crippen LogP contribution in [0.15, 0.2) is 47.8 Å². The van der Waals surface area contributed by atoms with Gasteiger partial charge < -0.3 is 4.90 Å². The third-order valence-corrected chi connectivity index (χ3v) is 6.10. The number of alkyl halides is 6. The summed E-state index contributed by atoms with van der Waals surface area (Å²) in [5.74, 6) is -1.73. The van der Waals surface area contributed by atoms with Crippen LogP contribution in [0.3, 0.4) is 0 Å². The summed E-state index contributed by atoms with van der Waals surface area (Å²) in [5, 5.41) is -0.947. The highest BCUT2D eigenvalue weighted by molar-refractivity contribution is 7.90. The molecule has 0 aliphatic rings. The number of aromatic nitrogens is 2. The van der Waals surface area contributed by atoms with Gasteiger partial charge in [0.05, 0.1) is 27.4 Å². The Morgan fingerprint density at radius 3 is 2.05 bits per heavy atom. The number of benzene rings is 2. The fourth-order valence-electron chi connectivity index (χ4n) is 3.25. The molecule has 2 aromatic carbocycles. The van der Waals surface area contributed by atoms with Gasteiger partial charge in [-0.2, -0.15) is 26.3 Å². The van der Waals surface area contributed by atoms with Crippen molar-refractivity contribution >= 4 is 27.3 Å². The van der Waals surface area contributed by atoms with Crippen molar-refractivity contribution in [2.75, 3.05) is 13.3 Å². The zero-order valence-corrected chi connectivity index (χ0v) is 20.3. The quantitative estimate of drug-likeness (QED) is 0.293. The lowest BCUT2D eigenvalue weighted by Crippen LogP contribution is -2.28. The van der Waals surface area contributed by atoms with Gasteiger partial charge in [-0.1, -0.05) is 11.6 Å². The van der Waals surface area contributed by atoms with Gasteiger partial charge in [-0.3, -0.25) is 4.79 Å². The van der Waals surface area contributed by atoms with Crippen LogP contribution in [0, 0.1) is 5.82 Å². The minimum Gasteiger partial charge on any atom is -0.337 e. The molecule has 0 saturated carbocycles. The van der Waals surface area contributed by atoms with Crippen molar-refractivity contribution in [3.8, 4) is 11.3 Å². The van der Waals surface area contributed by atoms with Crippen LogP contribution in [0.2, 0.25) is 5.02 Å². The van der Waals surface area contributed by atoms with E-state index in [0.717, 1.165) is 42.6 Å². The molecule has 3 aromatic rings. The summed E-state index contributed by atoms with van der Waals surface area (Å²) in [6, 6.07) is 3.85. The third kappa shape index (κ3) is 6.55. The summed E-state index contributed by atoms with van der Waals surface area (Å²) in [7, 11) is -2.89. The monoisotopic (exact) mass is 569 g/mol. The number of nitrogens with zero attached hydrogens (tertiary/aromatic N) is 3. The van der Waals surface area contributed by atoms with Crippen LogP contribution in [0.25, 0.3) is 11.3 Å². The average Bonchev–Trinajstić information content (AvgIpc) is 2.76. The van der Waals surface area contributed by atoms with Gasteiger partial charge in [0, 0.05) is 31.6 Å². The normalized spacial score (nSPS) is 12.5. The highest BCUT2D eigenvalue weighted by Crippen LogP contribution is 2.37. The molecular formula is C22H15ClF7N3O3S. The Morgan fingerprint density at radius 2 is 1.57 bits per heavy atom. The molecule has 15 heteroatoms. The van der Waals surface area contributed by atoms with E-state index in [0.29, 0.717) is 12.1 Å². The Hall–Kier alpha value is -3.26. The molecule has 6 nitrogen and oxygen atoms in total. The second-order valence-electron chi connectivity index (χ2n) is 7.89. The Labute approximate surface area is 210 Å². The standard InChI is InChI=1S/C22H15ClF7N3O3S/c1-33(10-11-5-12(21(25,26)27)7-13(6-11)22(28,29)30)19(34)16-9-31-20(37(2,35)36)32-18(16)15-4-3-14(24)8-17(15)23/h3-9H,10H2,1-2H3. The molecule has 0 atom stereocenters. The molecule has 37 heavy (non-hydrogen) atoms. The lowest BCUT2D eigenvalue weighted by Gasteiger charge is -2.21. The molecule has 0 aliphatic carbocycles. The first-order chi connectivity index (χ1) is 16.9. The number of amides is 1. The molecule has 0 fully saturated rings. The molecule has 0 bridgehead atoms. The van der Waals surface area contributed by atoms with Crippen molar-refractivity contribution in [1.82, 2.24) is 14.9 Å². The Bertz CT molecular complexity index is 1440. The van der Waals surface area contributed by atoms with E-state index in [1.165, 1.54) is 0 Å². The van der Waals surface area contributed by atoms with Crippen molar-refractivity contribution in [2.24, 2.45) is 0 Å². The van der Waals surface area contributed by atoms with E-state index in [9.17, 15) is 43.9 Å². The van der Waals surface area contributed by atoms with Crippen LogP contribution in [0.1, 0.15) is 27.0 Å². The predicted molar refractivity (Wildman–Crippen MR) is 118 cm³/mol. The Balaban J connectivity index is 2.08. The van der Waals surface area contributed by atoms with Gasteiger partial charge in [0.25, 0.3) is 5.91 Å². The third-order valence-electron chi connectivity index (χ3n) is 4.93. The van der Waals surface area contributed by atoms with Gasteiger partial charge >= 0.3 is 12.4 Å². The molecule has 0 saturated heterocycles. The number of carbonyl (C=O) groups is 1. The molecule has 1 heterocycles. The molecule has 3 rings (SSSR count). The second kappa shape index (κ2) is 9.89. The summed E-state index contributed by atoms with van der Waals surface area (Å²) in [6.07, 6.45) is -8.55. The van der Waals surface area contributed by atoms with Gasteiger partial charge in [0.1, 0.15) is 5.82 Å². The zero-order chi connectivity index (χ0) is 27.9. The fourth-order valence-corrected chi connectivity index (χ4v) is 4.01. The zero-order valence-electron chi connectivity index (χ0n) is 18.7. The van der Waals surface area contributed by atoms with Gasteiger partial charge in [0.15, 0.2) is 0 Å². The van der Waals surface area contributed by atoms with E-state index >= 15 is 0 Å². The van der Waals surface area contributed by atoms with Crippen LogP contribution < -0.4 is 0 Å². The van der Waals surface area contributed by atoms with Gasteiger partial charge in [0.2, 0.25) is 15.0 Å². The van der Waals surface area contributed by atoms with Crippen LogP contribution in [-0.4, -0.2) is 42.5 Å². The van der Waals surface area contributed by atoms with E-state index in [1.807, 2.05) is 0 Å². The summed E-state index contributed by atoms with van der Waals surface area (Å²) in [5.41, 5.74) is -4.38. The maximum absolute atomic E-state index is 13.5. The fraction of sp³-hybridized carbons (Fsp3) is 0.227. The molecule has 0 aliphatic heterocycles. The van der Waals surface area contributed by atoms with E-state index in [4.69, 9.17) is 11.6 Å². The van der Waals surface area contributed by atoms with E-state index in [-0.39, 0.29) is 27.9 Å². The predicted octanol–water partition coefficient (Wildman–Crippen LogP) is 5.65. The lowest BCUT2D eigenvalue weighted by atomic mass is 10.0. The van der Waals surface area contributed by atoms with Crippen molar-refractivity contribution in [3.05, 3.63) is 75.7 Å². The highest BCUT2D eigenvalue weighted by Gasteiger charge is 2.37. The molecule has 0 spiro atoms. The van der Waals surface area contributed by atoms with Crippen LogP contribution in [-0.2, 0) is 28.7 Å². The summed E-state index contributed by atoms with van der Waals surface area (Å²) >= 11 is 6.05. The first kappa shape index (κ1) is 28.3. The first-order valence-corrected chi connectivity index (χ1v) is 12.2. The second-order valence-corrected chi connectivity index (χ2v) is 10.2. The molecular weight excluding hydrogens is 555 g/mol. The van der Waals surface area contributed by atoms with E-state index < -0.39 is 62.3 Å². The molecule has 1 amide bonds. The number of carbonyl (C=O) groups excluding carboxylic acids is 1. The summed E-state index contributed by atoms with van der Waals surface area (Å²) in [6.45, 7) is -0.698. The molecule has 0 N–H and O–H groups in total. The van der Waals surface area contributed by atoms with Gasteiger partial charge in [-0.05, 0) is 42.0 Å². The smallest absolute Gasteiger partial charge is 0.337 e. The van der Waals surface area contributed by atoms with Crippen LogP contribution in [0.4, 0.5) is 30.7 Å². The minimum absolute atomic E-state index is 0.0439. The number of rotatable bonds is 5. The van der Waals surface area contributed by atoms with Crippen molar-refractivity contribution in [2.45, 2.75) is 24.1 Å². The number of hydrogen-bond acceptors (Lipinski definition) is 5.